The molecule has 1 aromatic rings. The van der Waals surface area contributed by atoms with Crippen molar-refractivity contribution in [2.24, 2.45) is 5.73 Å². The van der Waals surface area contributed by atoms with E-state index in [4.69, 9.17) is 5.73 Å². The second-order valence-corrected chi connectivity index (χ2v) is 8.60. The summed E-state index contributed by atoms with van der Waals surface area (Å²) in [6.07, 6.45) is 1.02. The Labute approximate surface area is 112 Å². The molecule has 15 heavy (non-hydrogen) atoms. The van der Waals surface area contributed by atoms with E-state index in [2.05, 4.69) is 28.1 Å². The van der Waals surface area contributed by atoms with Crippen molar-refractivity contribution in [3.05, 3.63) is 20.8 Å². The van der Waals surface area contributed by atoms with Gasteiger partial charge in [0.25, 0.3) is 0 Å². The average Bonchev–Trinajstić information content (AvgIpc) is 2.65. The van der Waals surface area contributed by atoms with Crippen LogP contribution in [0.5, 0.6) is 0 Å². The third kappa shape index (κ3) is 3.66. The van der Waals surface area contributed by atoms with Crippen molar-refractivity contribution in [2.75, 3.05) is 17.3 Å². The zero-order valence-electron chi connectivity index (χ0n) is 8.32. The third-order valence-corrected chi connectivity index (χ3v) is 6.97. The van der Waals surface area contributed by atoms with Crippen LogP contribution >= 0.6 is 50.8 Å². The molecule has 2 rings (SSSR count). The van der Waals surface area contributed by atoms with Gasteiger partial charge in [-0.05, 0) is 34.5 Å². The van der Waals surface area contributed by atoms with Gasteiger partial charge in [0.15, 0.2) is 0 Å². The van der Waals surface area contributed by atoms with Gasteiger partial charge < -0.3 is 5.73 Å². The van der Waals surface area contributed by atoms with Crippen LogP contribution in [0.3, 0.4) is 0 Å². The second kappa shape index (κ2) is 5.96. The lowest BCUT2D eigenvalue weighted by Gasteiger charge is -2.26. The maximum absolute atomic E-state index is 6.25. The molecule has 0 bridgehead atoms. The number of thioether (sulfide) groups is 2. The Bertz CT molecular complexity index is 309. The molecule has 1 nitrogen and oxygen atoms in total. The lowest BCUT2D eigenvalue weighted by molar-refractivity contribution is 0.670. The van der Waals surface area contributed by atoms with Crippen molar-refractivity contribution in [1.29, 1.82) is 0 Å². The first-order chi connectivity index (χ1) is 7.25. The van der Waals surface area contributed by atoms with Crippen LogP contribution in [0.1, 0.15) is 4.88 Å². The van der Waals surface area contributed by atoms with Crippen LogP contribution in [-0.4, -0.2) is 28.6 Å². The molecule has 2 heterocycles. The van der Waals surface area contributed by atoms with Gasteiger partial charge in [0, 0.05) is 33.4 Å². The molecule has 2 atom stereocenters. The molecular formula is C10H14BrNS3. The highest BCUT2D eigenvalue weighted by atomic mass is 79.9. The quantitative estimate of drug-likeness (QED) is 0.924. The fourth-order valence-corrected chi connectivity index (χ4v) is 5.95. The Kier molecular flexibility index (Phi) is 4.89. The Morgan fingerprint density at radius 3 is 2.93 bits per heavy atom. The highest BCUT2D eigenvalue weighted by molar-refractivity contribution is 9.11. The Balaban J connectivity index is 1.88. The molecule has 2 unspecified atom stereocenters. The van der Waals surface area contributed by atoms with Gasteiger partial charge in [-0.25, -0.2) is 0 Å². The SMILES string of the molecule is NC(Cc1ccc(Br)s1)C1CSCCS1. The standard InChI is InChI=1S/C10H14BrNS3/c11-10-2-1-7(15-10)5-8(12)9-6-13-3-4-14-9/h1-2,8-9H,3-6,12H2. The fourth-order valence-electron chi connectivity index (χ4n) is 1.58. The zero-order chi connectivity index (χ0) is 10.7. The van der Waals surface area contributed by atoms with Crippen molar-refractivity contribution in [1.82, 2.24) is 0 Å². The molecule has 1 aliphatic heterocycles. The normalized spacial score (nSPS) is 24.0. The molecule has 0 radical (unpaired) electrons. The van der Waals surface area contributed by atoms with E-state index >= 15 is 0 Å². The summed E-state index contributed by atoms with van der Waals surface area (Å²) in [7, 11) is 0. The number of thiophene rings is 1. The number of rotatable bonds is 3. The van der Waals surface area contributed by atoms with Crippen LogP contribution in [0.25, 0.3) is 0 Å². The van der Waals surface area contributed by atoms with Crippen LogP contribution < -0.4 is 5.73 Å². The van der Waals surface area contributed by atoms with Gasteiger partial charge in [0.2, 0.25) is 0 Å². The van der Waals surface area contributed by atoms with Crippen LogP contribution in [0.4, 0.5) is 0 Å². The van der Waals surface area contributed by atoms with Gasteiger partial charge in [-0.15, -0.1) is 11.3 Å². The topological polar surface area (TPSA) is 26.0 Å². The summed E-state index contributed by atoms with van der Waals surface area (Å²) >= 11 is 9.37. The second-order valence-electron chi connectivity index (χ2n) is 3.56. The third-order valence-electron chi connectivity index (χ3n) is 2.39. The van der Waals surface area contributed by atoms with Gasteiger partial charge in [-0.1, -0.05) is 0 Å². The summed E-state index contributed by atoms with van der Waals surface area (Å²) in [6.45, 7) is 0. The first-order valence-corrected chi connectivity index (χ1v) is 8.76. The Morgan fingerprint density at radius 1 is 1.47 bits per heavy atom. The van der Waals surface area contributed by atoms with Crippen LogP contribution in [0.15, 0.2) is 15.9 Å². The maximum Gasteiger partial charge on any atom is 0.0701 e. The van der Waals surface area contributed by atoms with Crippen molar-refractivity contribution in [3.8, 4) is 0 Å². The van der Waals surface area contributed by atoms with E-state index in [0.29, 0.717) is 11.3 Å². The van der Waals surface area contributed by atoms with E-state index in [1.54, 1.807) is 11.3 Å². The smallest absolute Gasteiger partial charge is 0.0701 e. The molecule has 0 spiro atoms. The molecule has 1 aromatic heterocycles. The fraction of sp³-hybridized carbons (Fsp3) is 0.600. The van der Waals surface area contributed by atoms with Gasteiger partial charge in [-0.3, -0.25) is 0 Å². The minimum Gasteiger partial charge on any atom is -0.326 e. The van der Waals surface area contributed by atoms with Crippen LogP contribution in [-0.2, 0) is 6.42 Å². The summed E-state index contributed by atoms with van der Waals surface area (Å²) < 4.78 is 1.20. The predicted octanol–water partition coefficient (Wildman–Crippen LogP) is 3.23. The minimum absolute atomic E-state index is 0.313. The largest absolute Gasteiger partial charge is 0.326 e. The van der Waals surface area contributed by atoms with Crippen LogP contribution in [0.2, 0.25) is 0 Å². The molecule has 84 valence electrons. The van der Waals surface area contributed by atoms with Crippen molar-refractivity contribution in [3.63, 3.8) is 0 Å². The number of hydrogen-bond acceptors (Lipinski definition) is 4. The van der Waals surface area contributed by atoms with E-state index in [1.165, 1.54) is 25.9 Å². The molecule has 1 saturated heterocycles. The summed E-state index contributed by atoms with van der Waals surface area (Å²) in [6, 6.07) is 4.60. The van der Waals surface area contributed by atoms with E-state index in [-0.39, 0.29) is 0 Å². The van der Waals surface area contributed by atoms with Gasteiger partial charge >= 0.3 is 0 Å². The van der Waals surface area contributed by atoms with Gasteiger partial charge in [-0.2, -0.15) is 23.5 Å². The lowest BCUT2D eigenvalue weighted by atomic mass is 10.1. The van der Waals surface area contributed by atoms with Crippen molar-refractivity contribution < 1.29 is 0 Å². The molecule has 5 heteroatoms. The molecule has 1 aliphatic rings. The summed E-state index contributed by atoms with van der Waals surface area (Å²) in [5.74, 6) is 3.77. The first-order valence-electron chi connectivity index (χ1n) is 4.95. The minimum atomic E-state index is 0.313. The van der Waals surface area contributed by atoms with Crippen molar-refractivity contribution >= 4 is 50.8 Å². The summed E-state index contributed by atoms with van der Waals surface area (Å²) in [4.78, 5) is 1.39. The summed E-state index contributed by atoms with van der Waals surface area (Å²) in [5.41, 5.74) is 6.25. The molecular weight excluding hydrogens is 310 g/mol. The molecule has 0 aromatic carbocycles. The molecule has 2 N–H and O–H groups in total. The first kappa shape index (κ1) is 12.3. The Hall–Kier alpha value is 0.840. The monoisotopic (exact) mass is 323 g/mol. The predicted molar refractivity (Wildman–Crippen MR) is 77.3 cm³/mol. The average molecular weight is 324 g/mol. The zero-order valence-corrected chi connectivity index (χ0v) is 12.4. The van der Waals surface area contributed by atoms with E-state index in [0.717, 1.165) is 6.42 Å². The summed E-state index contributed by atoms with van der Waals surface area (Å²) in [5, 5.41) is 0.643. The molecule has 0 saturated carbocycles. The van der Waals surface area contributed by atoms with Gasteiger partial charge in [0.05, 0.1) is 3.79 Å². The lowest BCUT2D eigenvalue weighted by Crippen LogP contribution is -2.37. The highest BCUT2D eigenvalue weighted by Crippen LogP contribution is 2.29. The van der Waals surface area contributed by atoms with Gasteiger partial charge in [0.1, 0.15) is 0 Å². The molecule has 0 amide bonds. The van der Waals surface area contributed by atoms with E-state index in [9.17, 15) is 0 Å². The van der Waals surface area contributed by atoms with E-state index < -0.39 is 0 Å². The number of hydrogen-bond donors (Lipinski definition) is 1. The van der Waals surface area contributed by atoms with Crippen LogP contribution in [0, 0.1) is 0 Å². The number of halogens is 1. The number of nitrogens with two attached hydrogens (primary N) is 1. The molecule has 0 aliphatic carbocycles. The van der Waals surface area contributed by atoms with Crippen molar-refractivity contribution in [2.45, 2.75) is 17.7 Å². The Morgan fingerprint density at radius 2 is 2.33 bits per heavy atom. The maximum atomic E-state index is 6.25. The van der Waals surface area contributed by atoms with E-state index in [1.807, 2.05) is 23.5 Å². The molecule has 1 fully saturated rings. The highest BCUT2D eigenvalue weighted by Gasteiger charge is 2.21.